The summed E-state index contributed by atoms with van der Waals surface area (Å²) in [6, 6.07) is 17.9. The lowest BCUT2D eigenvalue weighted by Crippen LogP contribution is -2.33. The van der Waals surface area contributed by atoms with E-state index in [0.29, 0.717) is 12.1 Å². The van der Waals surface area contributed by atoms with E-state index in [9.17, 15) is 4.79 Å². The van der Waals surface area contributed by atoms with Crippen molar-refractivity contribution < 1.29 is 9.53 Å². The molecule has 0 bridgehead atoms. The fourth-order valence-electron chi connectivity index (χ4n) is 4.45. The molecule has 1 N–H and O–H groups in total. The van der Waals surface area contributed by atoms with E-state index in [1.807, 2.05) is 0 Å². The number of nitrogens with one attached hydrogen (secondary N) is 1. The highest BCUT2D eigenvalue weighted by Crippen LogP contribution is 2.32. The first-order chi connectivity index (χ1) is 14.2. The Morgan fingerprint density at radius 3 is 2.83 bits per heavy atom. The van der Waals surface area contributed by atoms with Gasteiger partial charge in [-0.2, -0.15) is 0 Å². The molecule has 1 aliphatic heterocycles. The van der Waals surface area contributed by atoms with Crippen LogP contribution >= 0.6 is 0 Å². The first-order valence-electron chi connectivity index (χ1n) is 10.3. The first-order valence-corrected chi connectivity index (χ1v) is 10.3. The van der Waals surface area contributed by atoms with Crippen molar-refractivity contribution in [1.82, 2.24) is 9.88 Å². The molecule has 2 heterocycles. The second kappa shape index (κ2) is 8.66. The van der Waals surface area contributed by atoms with Gasteiger partial charge in [0.05, 0.1) is 7.11 Å². The predicted molar refractivity (Wildman–Crippen MR) is 118 cm³/mol. The molecule has 4 heteroatoms. The smallest absolute Gasteiger partial charge is 0.330 e. The summed E-state index contributed by atoms with van der Waals surface area (Å²) in [5, 5.41) is 1.34. The van der Waals surface area contributed by atoms with E-state index >= 15 is 0 Å². The molecule has 29 heavy (non-hydrogen) atoms. The van der Waals surface area contributed by atoms with E-state index in [2.05, 4.69) is 76.3 Å². The van der Waals surface area contributed by atoms with Crippen molar-refractivity contribution in [2.75, 3.05) is 13.7 Å². The number of fused-ring (bicyclic) bond motifs is 1. The van der Waals surface area contributed by atoms with Gasteiger partial charge in [0.2, 0.25) is 0 Å². The van der Waals surface area contributed by atoms with Crippen molar-refractivity contribution >= 4 is 22.9 Å². The van der Waals surface area contributed by atoms with Crippen LogP contribution in [0.25, 0.3) is 17.0 Å². The van der Waals surface area contributed by atoms with Crippen LogP contribution in [0.15, 0.2) is 60.8 Å². The van der Waals surface area contributed by atoms with Crippen molar-refractivity contribution in [3.8, 4) is 0 Å². The molecule has 4 nitrogen and oxygen atoms in total. The van der Waals surface area contributed by atoms with Crippen LogP contribution in [-0.4, -0.2) is 35.5 Å². The van der Waals surface area contributed by atoms with Crippen LogP contribution < -0.4 is 0 Å². The van der Waals surface area contributed by atoms with Crippen molar-refractivity contribution in [1.29, 1.82) is 0 Å². The average molecular weight is 389 g/mol. The Morgan fingerprint density at radius 1 is 1.24 bits per heavy atom. The van der Waals surface area contributed by atoms with Crippen LogP contribution in [0.3, 0.4) is 0 Å². The number of hydrogen-bond acceptors (Lipinski definition) is 3. The van der Waals surface area contributed by atoms with Crippen LogP contribution in [0, 0.1) is 0 Å². The standard InChI is InChI=1S/C25H28N2O2/c1-18(20-12-9-19(10-13-20)11-14-25(28)29-2)27-15-5-6-22(27)16-21-17-26-24-8-4-3-7-23(21)24/h3-4,7-14,17-18,22,26H,5-6,15-16H2,1-2H3. The highest BCUT2D eigenvalue weighted by Gasteiger charge is 2.29. The zero-order chi connectivity index (χ0) is 20.2. The summed E-state index contributed by atoms with van der Waals surface area (Å²) < 4.78 is 4.65. The van der Waals surface area contributed by atoms with Crippen molar-refractivity contribution in [2.24, 2.45) is 0 Å². The number of H-pyrrole nitrogens is 1. The summed E-state index contributed by atoms with van der Waals surface area (Å²) >= 11 is 0. The van der Waals surface area contributed by atoms with Gasteiger partial charge in [0, 0.05) is 35.3 Å². The molecule has 1 saturated heterocycles. The highest BCUT2D eigenvalue weighted by atomic mass is 16.5. The SMILES string of the molecule is COC(=O)C=Cc1ccc(C(C)N2CCCC2Cc2c[nH]c3ccccc23)cc1. The molecule has 0 radical (unpaired) electrons. The first kappa shape index (κ1) is 19.5. The third-order valence-corrected chi connectivity index (χ3v) is 6.08. The predicted octanol–water partition coefficient (Wildman–Crippen LogP) is 5.12. The third-order valence-electron chi connectivity index (χ3n) is 6.08. The summed E-state index contributed by atoms with van der Waals surface area (Å²) in [4.78, 5) is 17.3. The van der Waals surface area contributed by atoms with Gasteiger partial charge in [0.1, 0.15) is 0 Å². The van der Waals surface area contributed by atoms with E-state index in [0.717, 1.165) is 18.5 Å². The number of esters is 1. The molecule has 4 rings (SSSR count). The van der Waals surface area contributed by atoms with E-state index < -0.39 is 0 Å². The molecule has 0 amide bonds. The van der Waals surface area contributed by atoms with Gasteiger partial charge in [-0.1, -0.05) is 42.5 Å². The summed E-state index contributed by atoms with van der Waals surface area (Å²) in [6.45, 7) is 3.44. The van der Waals surface area contributed by atoms with E-state index in [-0.39, 0.29) is 5.97 Å². The molecular formula is C25H28N2O2. The minimum absolute atomic E-state index is 0.334. The Labute approximate surface area is 172 Å². The van der Waals surface area contributed by atoms with Gasteiger partial charge in [-0.25, -0.2) is 4.79 Å². The lowest BCUT2D eigenvalue weighted by molar-refractivity contribution is -0.134. The Kier molecular flexibility index (Phi) is 5.81. The summed E-state index contributed by atoms with van der Waals surface area (Å²) in [5.74, 6) is -0.334. The number of hydrogen-bond donors (Lipinski definition) is 1. The number of methoxy groups -OCH3 is 1. The molecule has 0 aliphatic carbocycles. The van der Waals surface area contributed by atoms with Gasteiger partial charge in [0.25, 0.3) is 0 Å². The minimum atomic E-state index is -0.334. The number of carbonyl (C=O) groups is 1. The van der Waals surface area contributed by atoms with Crippen LogP contribution in [0.5, 0.6) is 0 Å². The minimum Gasteiger partial charge on any atom is -0.466 e. The monoisotopic (exact) mass is 388 g/mol. The molecule has 2 atom stereocenters. The lowest BCUT2D eigenvalue weighted by Gasteiger charge is -2.31. The summed E-state index contributed by atoms with van der Waals surface area (Å²) in [7, 11) is 1.39. The van der Waals surface area contributed by atoms with Crippen LogP contribution in [0.4, 0.5) is 0 Å². The number of para-hydroxylation sites is 1. The van der Waals surface area contributed by atoms with Crippen molar-refractivity contribution in [2.45, 2.75) is 38.3 Å². The molecule has 1 fully saturated rings. The maximum atomic E-state index is 11.3. The molecule has 3 aromatic rings. The average Bonchev–Trinajstić information content (AvgIpc) is 3.39. The Hall–Kier alpha value is -2.85. The van der Waals surface area contributed by atoms with Crippen LogP contribution in [0.2, 0.25) is 0 Å². The summed E-state index contributed by atoms with van der Waals surface area (Å²) in [5.41, 5.74) is 4.94. The largest absolute Gasteiger partial charge is 0.466 e. The maximum absolute atomic E-state index is 11.3. The Bertz CT molecular complexity index is 1000. The van der Waals surface area contributed by atoms with Crippen molar-refractivity contribution in [3.05, 3.63) is 77.5 Å². The van der Waals surface area contributed by atoms with Gasteiger partial charge >= 0.3 is 5.97 Å². The third kappa shape index (κ3) is 4.28. The van der Waals surface area contributed by atoms with Gasteiger partial charge < -0.3 is 9.72 Å². The molecule has 0 spiro atoms. The van der Waals surface area contributed by atoms with E-state index in [4.69, 9.17) is 0 Å². The Balaban J connectivity index is 1.47. The highest BCUT2D eigenvalue weighted by molar-refractivity contribution is 5.86. The van der Waals surface area contributed by atoms with Gasteiger partial charge in [-0.15, -0.1) is 0 Å². The fraction of sp³-hybridized carbons (Fsp3) is 0.320. The van der Waals surface area contributed by atoms with Gasteiger partial charge in [0.15, 0.2) is 0 Å². The number of aromatic nitrogens is 1. The second-order valence-electron chi connectivity index (χ2n) is 7.80. The van der Waals surface area contributed by atoms with Gasteiger partial charge in [-0.3, -0.25) is 4.90 Å². The molecule has 2 unspecified atom stereocenters. The molecular weight excluding hydrogens is 360 g/mol. The quantitative estimate of drug-likeness (QED) is 0.471. The number of rotatable bonds is 6. The lowest BCUT2D eigenvalue weighted by atomic mass is 10.00. The van der Waals surface area contributed by atoms with E-state index in [1.54, 1.807) is 6.08 Å². The zero-order valence-corrected chi connectivity index (χ0v) is 17.1. The maximum Gasteiger partial charge on any atom is 0.330 e. The molecule has 150 valence electrons. The van der Waals surface area contributed by atoms with Crippen LogP contribution in [0.1, 0.15) is 42.5 Å². The normalized spacial score (nSPS) is 18.5. The topological polar surface area (TPSA) is 45.3 Å². The Morgan fingerprint density at radius 2 is 2.03 bits per heavy atom. The number of nitrogens with zero attached hydrogens (tertiary/aromatic N) is 1. The molecule has 1 aliphatic rings. The van der Waals surface area contributed by atoms with Gasteiger partial charge in [-0.05, 0) is 61.6 Å². The molecule has 2 aromatic carbocycles. The number of benzene rings is 2. The number of likely N-dealkylation sites (tertiary alicyclic amines) is 1. The number of carbonyl (C=O) groups excluding carboxylic acids is 1. The summed E-state index contributed by atoms with van der Waals surface area (Å²) in [6.07, 6.45) is 8.98. The second-order valence-corrected chi connectivity index (χ2v) is 7.80. The fourth-order valence-corrected chi connectivity index (χ4v) is 4.45. The van der Waals surface area contributed by atoms with E-state index in [1.165, 1.54) is 48.1 Å². The molecule has 0 saturated carbocycles. The van der Waals surface area contributed by atoms with Crippen LogP contribution in [-0.2, 0) is 16.0 Å². The number of aromatic amines is 1. The number of ether oxygens (including phenoxy) is 1. The molecule has 1 aromatic heterocycles. The zero-order valence-electron chi connectivity index (χ0n) is 17.1. The van der Waals surface area contributed by atoms with Crippen molar-refractivity contribution in [3.63, 3.8) is 0 Å².